The molecule has 6 nitrogen and oxygen atoms in total. The lowest BCUT2D eigenvalue weighted by Crippen LogP contribution is -2.45. The van der Waals surface area contributed by atoms with Crippen LogP contribution in [0.2, 0.25) is 0 Å². The molecule has 2 aromatic carbocycles. The first-order valence-electron chi connectivity index (χ1n) is 10.5. The lowest BCUT2D eigenvalue weighted by molar-refractivity contribution is -0.154. The first-order chi connectivity index (χ1) is 15.5. The van der Waals surface area contributed by atoms with Crippen molar-refractivity contribution in [3.8, 4) is 5.75 Å². The normalized spacial score (nSPS) is 18.7. The van der Waals surface area contributed by atoms with Crippen molar-refractivity contribution < 1.29 is 32.2 Å². The molecule has 178 valence electrons. The number of fused-ring (bicyclic) bond motifs is 1. The van der Waals surface area contributed by atoms with Crippen LogP contribution in [0.3, 0.4) is 0 Å². The predicted molar refractivity (Wildman–Crippen MR) is 117 cm³/mol. The molecule has 0 saturated heterocycles. The molecular formula is C24H27F3N2O4. The van der Waals surface area contributed by atoms with Gasteiger partial charge < -0.3 is 19.3 Å². The topological polar surface area (TPSA) is 59.1 Å². The van der Waals surface area contributed by atoms with Gasteiger partial charge in [-0.3, -0.25) is 9.59 Å². The van der Waals surface area contributed by atoms with Crippen molar-refractivity contribution in [1.82, 2.24) is 4.90 Å². The molecule has 0 aliphatic carbocycles. The number of hydrogen-bond donors (Lipinski definition) is 0. The average Bonchev–Trinajstić information content (AvgIpc) is 2.86. The zero-order valence-corrected chi connectivity index (χ0v) is 19.0. The summed E-state index contributed by atoms with van der Waals surface area (Å²) in [6, 6.07) is 10.5. The molecule has 2 aromatic rings. The van der Waals surface area contributed by atoms with Gasteiger partial charge in [-0.25, -0.2) is 0 Å². The predicted octanol–water partition coefficient (Wildman–Crippen LogP) is 3.88. The van der Waals surface area contributed by atoms with Gasteiger partial charge in [-0.2, -0.15) is 13.2 Å². The van der Waals surface area contributed by atoms with Crippen LogP contribution in [0.25, 0.3) is 0 Å². The monoisotopic (exact) mass is 464 g/mol. The lowest BCUT2D eigenvalue weighted by atomic mass is 9.86. The quantitative estimate of drug-likeness (QED) is 0.608. The summed E-state index contributed by atoms with van der Waals surface area (Å²) < 4.78 is 52.5. The summed E-state index contributed by atoms with van der Waals surface area (Å²) in [7, 11) is 5.11. The molecule has 9 heteroatoms. The molecule has 1 amide bonds. The molecule has 0 N–H and O–H groups in total. The van der Waals surface area contributed by atoms with E-state index in [1.807, 2.05) is 4.90 Å². The number of halogens is 3. The van der Waals surface area contributed by atoms with Crippen LogP contribution in [0.5, 0.6) is 5.75 Å². The fourth-order valence-electron chi connectivity index (χ4n) is 4.06. The first kappa shape index (κ1) is 24.6. The van der Waals surface area contributed by atoms with E-state index in [4.69, 9.17) is 9.47 Å². The molecule has 33 heavy (non-hydrogen) atoms. The Morgan fingerprint density at radius 2 is 1.82 bits per heavy atom. The largest absolute Gasteiger partial charge is 0.497 e. The molecule has 3 rings (SSSR count). The van der Waals surface area contributed by atoms with Gasteiger partial charge in [-0.15, -0.1) is 0 Å². The van der Waals surface area contributed by atoms with Crippen LogP contribution < -0.4 is 9.64 Å². The van der Waals surface area contributed by atoms with Crippen LogP contribution in [0.15, 0.2) is 42.5 Å². The van der Waals surface area contributed by atoms with Gasteiger partial charge in [0, 0.05) is 31.6 Å². The SMILES string of the molecule is COc1ccc(C2Cc3c(cccc3C(F)(F)F)N(CCN(C)C)C(=O)[C@@H]2OC(C)=O)cc1. The van der Waals surface area contributed by atoms with E-state index in [0.29, 0.717) is 17.9 Å². The van der Waals surface area contributed by atoms with Crippen molar-refractivity contribution in [3.63, 3.8) is 0 Å². The Labute approximate surface area is 190 Å². The van der Waals surface area contributed by atoms with E-state index < -0.39 is 35.6 Å². The highest BCUT2D eigenvalue weighted by atomic mass is 19.4. The standard InChI is InChI=1S/C24H27F3N2O4/c1-15(30)33-22-18(16-8-10-17(32-4)11-9-16)14-19-20(24(25,26)27)6-5-7-21(19)29(23(22)31)13-12-28(2)3/h5-11,18,22H,12-14H2,1-4H3/t18?,22-/m1/s1. The number of nitrogens with zero attached hydrogens (tertiary/aromatic N) is 2. The van der Waals surface area contributed by atoms with E-state index in [-0.39, 0.29) is 24.2 Å². The molecule has 1 aliphatic rings. The van der Waals surface area contributed by atoms with Crippen molar-refractivity contribution in [1.29, 1.82) is 0 Å². The molecule has 1 aliphatic heterocycles. The molecular weight excluding hydrogens is 437 g/mol. The van der Waals surface area contributed by atoms with Gasteiger partial charge in [0.2, 0.25) is 0 Å². The fraction of sp³-hybridized carbons (Fsp3) is 0.417. The number of rotatable bonds is 6. The smallest absolute Gasteiger partial charge is 0.416 e. The Hall–Kier alpha value is -3.07. The van der Waals surface area contributed by atoms with E-state index in [1.54, 1.807) is 38.4 Å². The van der Waals surface area contributed by atoms with E-state index in [9.17, 15) is 22.8 Å². The lowest BCUT2D eigenvalue weighted by Gasteiger charge is -2.29. The van der Waals surface area contributed by atoms with E-state index in [1.165, 1.54) is 31.1 Å². The van der Waals surface area contributed by atoms with Crippen molar-refractivity contribution in [2.24, 2.45) is 0 Å². The van der Waals surface area contributed by atoms with Gasteiger partial charge >= 0.3 is 12.1 Å². The molecule has 0 spiro atoms. The van der Waals surface area contributed by atoms with E-state index >= 15 is 0 Å². The highest BCUT2D eigenvalue weighted by Crippen LogP contribution is 2.43. The minimum absolute atomic E-state index is 0.00702. The van der Waals surface area contributed by atoms with Crippen LogP contribution in [-0.4, -0.2) is 57.2 Å². The third kappa shape index (κ3) is 5.47. The van der Waals surface area contributed by atoms with Crippen LogP contribution in [0.1, 0.15) is 29.5 Å². The number of anilines is 1. The summed E-state index contributed by atoms with van der Waals surface area (Å²) in [4.78, 5) is 28.7. The van der Waals surface area contributed by atoms with Crippen LogP contribution in [0.4, 0.5) is 18.9 Å². The van der Waals surface area contributed by atoms with Gasteiger partial charge in [0.25, 0.3) is 5.91 Å². The second-order valence-corrected chi connectivity index (χ2v) is 8.21. The number of benzene rings is 2. The van der Waals surface area contributed by atoms with Gasteiger partial charge in [-0.05, 0) is 55.9 Å². The minimum Gasteiger partial charge on any atom is -0.497 e. The van der Waals surface area contributed by atoms with Crippen LogP contribution in [0, 0.1) is 0 Å². The Morgan fingerprint density at radius 3 is 2.36 bits per heavy atom. The maximum Gasteiger partial charge on any atom is 0.416 e. The molecule has 1 unspecified atom stereocenters. The third-order valence-corrected chi connectivity index (χ3v) is 5.65. The number of hydrogen-bond acceptors (Lipinski definition) is 5. The Bertz CT molecular complexity index is 1010. The average molecular weight is 464 g/mol. The molecule has 0 fully saturated rings. The maximum absolute atomic E-state index is 14.0. The van der Waals surface area contributed by atoms with Gasteiger partial charge in [0.05, 0.1) is 12.7 Å². The molecule has 0 saturated carbocycles. The highest BCUT2D eigenvalue weighted by Gasteiger charge is 2.43. The minimum atomic E-state index is -4.60. The van der Waals surface area contributed by atoms with Crippen LogP contribution in [-0.2, 0) is 26.9 Å². The second-order valence-electron chi connectivity index (χ2n) is 8.21. The summed E-state index contributed by atoms with van der Waals surface area (Å²) in [6.07, 6.45) is -6.00. The molecule has 0 bridgehead atoms. The number of likely N-dealkylation sites (N-methyl/N-ethyl adjacent to an activating group) is 1. The number of carbonyl (C=O) groups is 2. The van der Waals surface area contributed by atoms with Crippen molar-refractivity contribution >= 4 is 17.6 Å². The molecule has 0 aromatic heterocycles. The summed E-state index contributed by atoms with van der Waals surface area (Å²) >= 11 is 0. The van der Waals surface area contributed by atoms with Crippen molar-refractivity contribution in [2.45, 2.75) is 31.5 Å². The van der Waals surface area contributed by atoms with Gasteiger partial charge in [0.15, 0.2) is 6.10 Å². The van der Waals surface area contributed by atoms with Crippen LogP contribution >= 0.6 is 0 Å². The van der Waals surface area contributed by atoms with Crippen molar-refractivity contribution in [2.75, 3.05) is 39.2 Å². The molecule has 1 heterocycles. The fourth-order valence-corrected chi connectivity index (χ4v) is 4.06. The molecule has 2 atom stereocenters. The van der Waals surface area contributed by atoms with Gasteiger partial charge in [-0.1, -0.05) is 18.2 Å². The summed E-state index contributed by atoms with van der Waals surface area (Å²) in [5.74, 6) is -1.47. The first-order valence-corrected chi connectivity index (χ1v) is 10.5. The Balaban J connectivity index is 2.20. The number of amides is 1. The molecule has 0 radical (unpaired) electrons. The third-order valence-electron chi connectivity index (χ3n) is 5.65. The van der Waals surface area contributed by atoms with E-state index in [2.05, 4.69) is 0 Å². The number of ether oxygens (including phenoxy) is 2. The van der Waals surface area contributed by atoms with E-state index in [0.717, 1.165) is 6.07 Å². The number of carbonyl (C=O) groups excluding carboxylic acids is 2. The zero-order valence-electron chi connectivity index (χ0n) is 19.0. The summed E-state index contributed by atoms with van der Waals surface area (Å²) in [6.45, 7) is 1.75. The number of methoxy groups -OCH3 is 1. The van der Waals surface area contributed by atoms with Crippen molar-refractivity contribution in [3.05, 3.63) is 59.2 Å². The zero-order chi connectivity index (χ0) is 24.3. The van der Waals surface area contributed by atoms with Gasteiger partial charge in [0.1, 0.15) is 5.75 Å². The highest BCUT2D eigenvalue weighted by molar-refractivity contribution is 6.00. The Kier molecular flexibility index (Phi) is 7.31. The number of esters is 1. The number of alkyl halides is 3. The summed E-state index contributed by atoms with van der Waals surface area (Å²) in [5.41, 5.74) is -0.0326. The summed E-state index contributed by atoms with van der Waals surface area (Å²) in [5, 5.41) is 0. The maximum atomic E-state index is 14.0. The Morgan fingerprint density at radius 1 is 1.15 bits per heavy atom. The second kappa shape index (κ2) is 9.82.